The van der Waals surface area contributed by atoms with Gasteiger partial charge in [0.2, 0.25) is 0 Å². The summed E-state index contributed by atoms with van der Waals surface area (Å²) in [5, 5.41) is 3.40. The molecule has 2 aromatic rings. The first-order valence-electron chi connectivity index (χ1n) is 7.31. The molecule has 0 radical (unpaired) electrons. The van der Waals surface area contributed by atoms with E-state index in [1.807, 2.05) is 19.2 Å². The molecule has 21 heavy (non-hydrogen) atoms. The second kappa shape index (κ2) is 7.62. The molecule has 0 aliphatic heterocycles. The van der Waals surface area contributed by atoms with E-state index in [0.717, 1.165) is 23.2 Å². The first-order chi connectivity index (χ1) is 10.2. The van der Waals surface area contributed by atoms with Crippen molar-refractivity contribution in [3.63, 3.8) is 0 Å². The molecule has 0 fully saturated rings. The van der Waals surface area contributed by atoms with Crippen LogP contribution in [0.25, 0.3) is 0 Å². The molecular weight excluding hydrogens is 326 g/mol. The number of nitrogens with one attached hydrogen (secondary N) is 1. The molecule has 1 atom stereocenters. The highest BCUT2D eigenvalue weighted by Crippen LogP contribution is 2.28. The third kappa shape index (κ3) is 4.08. The summed E-state index contributed by atoms with van der Waals surface area (Å²) >= 11 is 3.56. The van der Waals surface area contributed by atoms with E-state index in [2.05, 4.69) is 65.4 Å². The summed E-state index contributed by atoms with van der Waals surface area (Å²) in [4.78, 5) is 0. The van der Waals surface area contributed by atoms with Gasteiger partial charge >= 0.3 is 0 Å². The highest BCUT2D eigenvalue weighted by Gasteiger charge is 2.14. The van der Waals surface area contributed by atoms with Gasteiger partial charge in [0.1, 0.15) is 5.75 Å². The highest BCUT2D eigenvalue weighted by atomic mass is 79.9. The molecule has 0 aliphatic rings. The molecule has 0 saturated heterocycles. The quantitative estimate of drug-likeness (QED) is 0.805. The first kappa shape index (κ1) is 16.1. The Morgan fingerprint density at radius 3 is 2.48 bits per heavy atom. The van der Waals surface area contributed by atoms with Crippen molar-refractivity contribution in [2.24, 2.45) is 0 Å². The normalized spacial score (nSPS) is 12.2. The average Bonchev–Trinajstić information content (AvgIpc) is 2.50. The van der Waals surface area contributed by atoms with E-state index in [9.17, 15) is 0 Å². The van der Waals surface area contributed by atoms with Gasteiger partial charge in [-0.2, -0.15) is 0 Å². The molecule has 1 unspecified atom stereocenters. The minimum atomic E-state index is 0.183. The lowest BCUT2D eigenvalue weighted by atomic mass is 9.95. The maximum Gasteiger partial charge on any atom is 0.119 e. The summed E-state index contributed by atoms with van der Waals surface area (Å²) in [6, 6.07) is 14.9. The topological polar surface area (TPSA) is 21.3 Å². The van der Waals surface area contributed by atoms with Crippen molar-refractivity contribution in [1.82, 2.24) is 5.32 Å². The van der Waals surface area contributed by atoms with Crippen molar-refractivity contribution in [2.75, 3.05) is 13.7 Å². The summed E-state index contributed by atoms with van der Waals surface area (Å²) in [7, 11) is 1.99. The SMILES string of the molecule is CCCOc1ccc(C(NC)c2cc(Br)ccc2C)cc1. The minimum Gasteiger partial charge on any atom is -0.494 e. The van der Waals surface area contributed by atoms with Crippen LogP contribution in [0.1, 0.15) is 36.1 Å². The lowest BCUT2D eigenvalue weighted by Gasteiger charge is -2.20. The predicted molar refractivity (Wildman–Crippen MR) is 92.0 cm³/mol. The molecule has 0 aromatic heterocycles. The van der Waals surface area contributed by atoms with Crippen LogP contribution in [0.5, 0.6) is 5.75 Å². The zero-order valence-electron chi connectivity index (χ0n) is 12.8. The predicted octanol–water partition coefficient (Wildman–Crippen LogP) is 4.86. The summed E-state index contributed by atoms with van der Waals surface area (Å²) in [5.74, 6) is 0.932. The average molecular weight is 348 g/mol. The van der Waals surface area contributed by atoms with Gasteiger partial charge in [0, 0.05) is 4.47 Å². The molecule has 2 aromatic carbocycles. The number of rotatable bonds is 6. The van der Waals surface area contributed by atoms with Crippen molar-refractivity contribution in [3.8, 4) is 5.75 Å². The second-order valence-corrected chi connectivity index (χ2v) is 6.06. The molecule has 0 heterocycles. The Balaban J connectivity index is 2.26. The molecule has 1 N–H and O–H groups in total. The van der Waals surface area contributed by atoms with Gasteiger partial charge in [-0.15, -0.1) is 0 Å². The molecular formula is C18H22BrNO. The van der Waals surface area contributed by atoms with Crippen LogP contribution in [-0.2, 0) is 0 Å². The summed E-state index contributed by atoms with van der Waals surface area (Å²) in [5.41, 5.74) is 3.81. The highest BCUT2D eigenvalue weighted by molar-refractivity contribution is 9.10. The Labute approximate surface area is 135 Å². The lowest BCUT2D eigenvalue weighted by Crippen LogP contribution is -2.18. The fraction of sp³-hybridized carbons (Fsp3) is 0.333. The Morgan fingerprint density at radius 1 is 1.14 bits per heavy atom. The third-order valence-corrected chi connectivity index (χ3v) is 4.02. The first-order valence-corrected chi connectivity index (χ1v) is 8.11. The Morgan fingerprint density at radius 2 is 1.86 bits per heavy atom. The van der Waals surface area contributed by atoms with Gasteiger partial charge in [-0.3, -0.25) is 0 Å². The van der Waals surface area contributed by atoms with E-state index in [-0.39, 0.29) is 6.04 Å². The van der Waals surface area contributed by atoms with Crippen LogP contribution in [0, 0.1) is 6.92 Å². The summed E-state index contributed by atoms with van der Waals surface area (Å²) < 4.78 is 6.75. The lowest BCUT2D eigenvalue weighted by molar-refractivity contribution is 0.317. The zero-order valence-corrected chi connectivity index (χ0v) is 14.4. The smallest absolute Gasteiger partial charge is 0.119 e. The largest absolute Gasteiger partial charge is 0.494 e. The fourth-order valence-electron chi connectivity index (χ4n) is 2.40. The maximum atomic E-state index is 5.64. The summed E-state index contributed by atoms with van der Waals surface area (Å²) in [6.45, 7) is 5.02. The Hall–Kier alpha value is -1.32. The van der Waals surface area contributed by atoms with Gasteiger partial charge in [0.05, 0.1) is 12.6 Å². The molecule has 0 saturated carbocycles. The zero-order chi connectivity index (χ0) is 15.2. The van der Waals surface area contributed by atoms with Crippen molar-refractivity contribution in [1.29, 1.82) is 0 Å². The van der Waals surface area contributed by atoms with E-state index in [4.69, 9.17) is 4.74 Å². The van der Waals surface area contributed by atoms with E-state index < -0.39 is 0 Å². The number of halogens is 1. The summed E-state index contributed by atoms with van der Waals surface area (Å²) in [6.07, 6.45) is 1.03. The molecule has 0 amide bonds. The van der Waals surface area contributed by atoms with Crippen LogP contribution in [-0.4, -0.2) is 13.7 Å². The van der Waals surface area contributed by atoms with Crippen LogP contribution in [0.4, 0.5) is 0 Å². The molecule has 112 valence electrons. The van der Waals surface area contributed by atoms with Gasteiger partial charge in [0.15, 0.2) is 0 Å². The van der Waals surface area contributed by atoms with Crippen LogP contribution >= 0.6 is 15.9 Å². The molecule has 0 bridgehead atoms. The van der Waals surface area contributed by atoms with E-state index in [0.29, 0.717) is 0 Å². The van der Waals surface area contributed by atoms with Crippen LogP contribution in [0.3, 0.4) is 0 Å². The van der Waals surface area contributed by atoms with Gasteiger partial charge in [-0.25, -0.2) is 0 Å². The molecule has 3 heteroatoms. The Bertz CT molecular complexity index is 580. The molecule has 2 rings (SSSR count). The van der Waals surface area contributed by atoms with Crippen LogP contribution in [0.15, 0.2) is 46.9 Å². The van der Waals surface area contributed by atoms with Crippen LogP contribution in [0.2, 0.25) is 0 Å². The van der Waals surface area contributed by atoms with E-state index >= 15 is 0 Å². The Kier molecular flexibility index (Phi) is 5.83. The number of hydrogen-bond donors (Lipinski definition) is 1. The second-order valence-electron chi connectivity index (χ2n) is 5.14. The monoisotopic (exact) mass is 347 g/mol. The number of hydrogen-bond acceptors (Lipinski definition) is 2. The number of benzene rings is 2. The van der Waals surface area contributed by atoms with Gasteiger partial charge < -0.3 is 10.1 Å². The van der Waals surface area contributed by atoms with Crippen molar-refractivity contribution >= 4 is 15.9 Å². The molecule has 2 nitrogen and oxygen atoms in total. The van der Waals surface area contributed by atoms with Gasteiger partial charge in [-0.05, 0) is 61.3 Å². The number of ether oxygens (including phenoxy) is 1. The van der Waals surface area contributed by atoms with Gasteiger partial charge in [-0.1, -0.05) is 41.1 Å². The van der Waals surface area contributed by atoms with E-state index in [1.54, 1.807) is 0 Å². The third-order valence-electron chi connectivity index (χ3n) is 3.53. The fourth-order valence-corrected chi connectivity index (χ4v) is 2.78. The molecule has 0 spiro atoms. The van der Waals surface area contributed by atoms with Crippen molar-refractivity contribution < 1.29 is 4.74 Å². The molecule has 0 aliphatic carbocycles. The minimum absolute atomic E-state index is 0.183. The van der Waals surface area contributed by atoms with Crippen LogP contribution < -0.4 is 10.1 Å². The van der Waals surface area contributed by atoms with Crippen molar-refractivity contribution in [2.45, 2.75) is 26.3 Å². The maximum absolute atomic E-state index is 5.64. The van der Waals surface area contributed by atoms with Gasteiger partial charge in [0.25, 0.3) is 0 Å². The number of aryl methyl sites for hydroxylation is 1. The standard InChI is InChI=1S/C18H22BrNO/c1-4-11-21-16-9-6-14(7-10-16)18(20-3)17-12-15(19)8-5-13(17)2/h5-10,12,18,20H,4,11H2,1-3H3. The van der Waals surface area contributed by atoms with E-state index in [1.165, 1.54) is 16.7 Å². The van der Waals surface area contributed by atoms with Crippen molar-refractivity contribution in [3.05, 3.63) is 63.6 Å².